The molecule has 0 aliphatic heterocycles. The van der Waals surface area contributed by atoms with Crippen molar-refractivity contribution in [2.75, 3.05) is 0 Å². The van der Waals surface area contributed by atoms with Crippen LogP contribution in [0.2, 0.25) is 0 Å². The van der Waals surface area contributed by atoms with Crippen LogP contribution in [0.25, 0.3) is 0 Å². The zero-order valence-electron chi connectivity index (χ0n) is 14.7. The molecule has 0 atom stereocenters. The van der Waals surface area contributed by atoms with E-state index in [1.165, 1.54) is 57.4 Å². The van der Waals surface area contributed by atoms with Crippen molar-refractivity contribution >= 4 is 17.8 Å². The van der Waals surface area contributed by atoms with Gasteiger partial charge in [0.2, 0.25) is 12.2 Å². The fourth-order valence-electron chi connectivity index (χ4n) is 2.82. The van der Waals surface area contributed by atoms with Gasteiger partial charge in [-0.15, -0.1) is 0 Å². The van der Waals surface area contributed by atoms with Gasteiger partial charge in [-0.25, -0.2) is 14.6 Å². The van der Waals surface area contributed by atoms with Crippen molar-refractivity contribution in [1.82, 2.24) is 0 Å². The molecular weight excluding hydrogens is 300 g/mol. The highest BCUT2D eigenvalue weighted by molar-refractivity contribution is 5.55. The highest BCUT2D eigenvalue weighted by Gasteiger charge is 2.04. The Hall–Kier alpha value is -2.02. The summed E-state index contributed by atoms with van der Waals surface area (Å²) in [5.74, 6) is 0. The van der Waals surface area contributed by atoms with Crippen molar-refractivity contribution in [2.45, 2.75) is 77.7 Å². The van der Waals surface area contributed by atoms with E-state index in [0.717, 1.165) is 24.0 Å². The molecule has 0 saturated heterocycles. The molecule has 0 aliphatic carbocycles. The molecule has 0 N–H and O–H groups in total. The first-order valence-electron chi connectivity index (χ1n) is 9.05. The number of hydrogen-bond donors (Lipinski definition) is 0. The number of unbranched alkanes of at least 4 members (excludes halogenated alkanes) is 8. The third-order valence-corrected chi connectivity index (χ3v) is 4.19. The highest BCUT2D eigenvalue weighted by Crippen LogP contribution is 2.23. The Labute approximate surface area is 145 Å². The summed E-state index contributed by atoms with van der Waals surface area (Å²) in [5.41, 5.74) is 2.55. The maximum atomic E-state index is 10.6. The van der Waals surface area contributed by atoms with Gasteiger partial charge in [0.05, 0.1) is 12.2 Å². The van der Waals surface area contributed by atoms with Crippen LogP contribution in [0.5, 0.6) is 0 Å². The molecule has 0 saturated carbocycles. The molecule has 0 aromatic heterocycles. The first kappa shape index (κ1) is 20.0. The lowest BCUT2D eigenvalue weighted by Crippen LogP contribution is -1.90. The van der Waals surface area contributed by atoms with Crippen LogP contribution in [0.1, 0.15) is 75.8 Å². The zero-order chi connectivity index (χ0) is 17.5. The minimum atomic E-state index is 0.267. The summed E-state index contributed by atoms with van der Waals surface area (Å²) in [6, 6.07) is 5.69. The summed E-state index contributed by atoms with van der Waals surface area (Å²) in [4.78, 5) is 28.1. The maximum Gasteiger partial charge on any atom is 0.240 e. The molecule has 4 heteroatoms. The SMILES string of the molecule is CCCCCCCCCCCc1ccc(CN=C=O)cc1N=C=O. The van der Waals surface area contributed by atoms with Gasteiger partial charge in [-0.2, -0.15) is 4.99 Å². The van der Waals surface area contributed by atoms with Gasteiger partial charge in [0.25, 0.3) is 0 Å². The minimum absolute atomic E-state index is 0.267. The van der Waals surface area contributed by atoms with Crippen LogP contribution in [0.3, 0.4) is 0 Å². The van der Waals surface area contributed by atoms with Crippen molar-refractivity contribution in [3.05, 3.63) is 29.3 Å². The molecule has 0 bridgehead atoms. The van der Waals surface area contributed by atoms with Gasteiger partial charge in [0.1, 0.15) is 0 Å². The summed E-state index contributed by atoms with van der Waals surface area (Å²) in [5, 5.41) is 0. The predicted molar refractivity (Wildman–Crippen MR) is 97.0 cm³/mol. The Kier molecular flexibility index (Phi) is 11.2. The Morgan fingerprint density at radius 1 is 0.875 bits per heavy atom. The van der Waals surface area contributed by atoms with Crippen LogP contribution >= 0.6 is 0 Å². The molecule has 0 amide bonds. The van der Waals surface area contributed by atoms with Crippen molar-refractivity contribution in [2.24, 2.45) is 9.98 Å². The Balaban J connectivity index is 2.36. The van der Waals surface area contributed by atoms with Crippen LogP contribution in [-0.4, -0.2) is 12.2 Å². The normalized spacial score (nSPS) is 10.0. The minimum Gasteiger partial charge on any atom is -0.211 e. The molecule has 0 heterocycles. The van der Waals surface area contributed by atoms with E-state index in [-0.39, 0.29) is 6.54 Å². The second kappa shape index (κ2) is 13.4. The van der Waals surface area contributed by atoms with E-state index in [2.05, 4.69) is 16.9 Å². The fraction of sp³-hybridized carbons (Fsp3) is 0.600. The lowest BCUT2D eigenvalue weighted by Gasteiger charge is -2.07. The van der Waals surface area contributed by atoms with Gasteiger partial charge in [-0.3, -0.25) is 0 Å². The summed E-state index contributed by atoms with van der Waals surface area (Å²) >= 11 is 0. The summed E-state index contributed by atoms with van der Waals surface area (Å²) in [6.45, 7) is 2.51. The molecule has 4 nitrogen and oxygen atoms in total. The summed E-state index contributed by atoms with van der Waals surface area (Å²) < 4.78 is 0. The molecule has 0 spiro atoms. The summed E-state index contributed by atoms with van der Waals surface area (Å²) in [6.07, 6.45) is 15.6. The molecule has 0 aliphatic rings. The number of rotatable bonds is 13. The average Bonchev–Trinajstić information content (AvgIpc) is 2.60. The first-order chi connectivity index (χ1) is 11.8. The monoisotopic (exact) mass is 328 g/mol. The van der Waals surface area contributed by atoms with Crippen molar-refractivity contribution in [3.8, 4) is 0 Å². The van der Waals surface area contributed by atoms with Crippen LogP contribution in [-0.2, 0) is 22.6 Å². The number of aliphatic imine (C=N–C) groups is 2. The molecule has 0 fully saturated rings. The van der Waals surface area contributed by atoms with E-state index in [0.29, 0.717) is 5.69 Å². The van der Waals surface area contributed by atoms with E-state index >= 15 is 0 Å². The molecule has 24 heavy (non-hydrogen) atoms. The summed E-state index contributed by atoms with van der Waals surface area (Å²) in [7, 11) is 0. The third-order valence-electron chi connectivity index (χ3n) is 4.19. The number of isocyanates is 2. The fourth-order valence-corrected chi connectivity index (χ4v) is 2.82. The smallest absolute Gasteiger partial charge is 0.211 e. The Morgan fingerprint density at radius 3 is 2.17 bits per heavy atom. The molecule has 1 aromatic rings. The van der Waals surface area contributed by atoms with Gasteiger partial charge < -0.3 is 0 Å². The molecular formula is C20H28N2O2. The van der Waals surface area contributed by atoms with Gasteiger partial charge in [-0.05, 0) is 30.0 Å². The first-order valence-corrected chi connectivity index (χ1v) is 9.05. The standard InChI is InChI=1S/C20H28N2O2/c1-2-3-4-5-6-7-8-9-10-11-19-13-12-18(15-21-16-23)14-20(19)22-17-24/h12-14H,2-11,15H2,1H3. The van der Waals surface area contributed by atoms with Crippen LogP contribution in [0.4, 0.5) is 5.69 Å². The van der Waals surface area contributed by atoms with Gasteiger partial charge >= 0.3 is 0 Å². The Morgan fingerprint density at radius 2 is 1.54 bits per heavy atom. The van der Waals surface area contributed by atoms with E-state index in [1.54, 1.807) is 12.1 Å². The highest BCUT2D eigenvalue weighted by atomic mass is 16.1. The number of benzene rings is 1. The van der Waals surface area contributed by atoms with Crippen LogP contribution in [0, 0.1) is 0 Å². The van der Waals surface area contributed by atoms with Gasteiger partial charge in [0.15, 0.2) is 0 Å². The Bertz CT molecular complexity index is 571. The van der Waals surface area contributed by atoms with Crippen LogP contribution < -0.4 is 0 Å². The van der Waals surface area contributed by atoms with Gasteiger partial charge in [-0.1, -0.05) is 70.4 Å². The van der Waals surface area contributed by atoms with E-state index in [9.17, 15) is 9.59 Å². The quantitative estimate of drug-likeness (QED) is 0.270. The lowest BCUT2D eigenvalue weighted by atomic mass is 10.0. The zero-order valence-corrected chi connectivity index (χ0v) is 14.7. The van der Waals surface area contributed by atoms with Crippen LogP contribution in [0.15, 0.2) is 28.2 Å². The second-order valence-electron chi connectivity index (χ2n) is 6.15. The molecule has 0 unspecified atom stereocenters. The second-order valence-corrected chi connectivity index (χ2v) is 6.15. The number of hydrogen-bond acceptors (Lipinski definition) is 4. The molecule has 130 valence electrons. The third kappa shape index (κ3) is 8.57. The average molecular weight is 328 g/mol. The number of nitrogens with zero attached hydrogens (tertiary/aromatic N) is 2. The lowest BCUT2D eigenvalue weighted by molar-refractivity contribution is 0.562. The predicted octanol–water partition coefficient (Wildman–Crippen LogP) is 5.56. The topological polar surface area (TPSA) is 58.9 Å². The van der Waals surface area contributed by atoms with E-state index in [1.807, 2.05) is 12.1 Å². The van der Waals surface area contributed by atoms with Crippen molar-refractivity contribution in [1.29, 1.82) is 0 Å². The molecule has 1 rings (SSSR count). The maximum absolute atomic E-state index is 10.6. The van der Waals surface area contributed by atoms with E-state index in [4.69, 9.17) is 0 Å². The van der Waals surface area contributed by atoms with E-state index < -0.39 is 0 Å². The van der Waals surface area contributed by atoms with Crippen molar-refractivity contribution < 1.29 is 9.59 Å². The largest absolute Gasteiger partial charge is 0.240 e. The number of carbonyl (C=O) groups excluding carboxylic acids is 2. The number of aryl methyl sites for hydroxylation is 1. The molecule has 1 aromatic carbocycles. The van der Waals surface area contributed by atoms with Crippen molar-refractivity contribution in [3.63, 3.8) is 0 Å². The van der Waals surface area contributed by atoms with Gasteiger partial charge in [0, 0.05) is 0 Å². The molecule has 0 radical (unpaired) electrons.